The van der Waals surface area contributed by atoms with Crippen molar-refractivity contribution >= 4 is 56.3 Å². The van der Waals surface area contributed by atoms with Crippen molar-refractivity contribution in [2.24, 2.45) is 0 Å². The molecular formula is C27H29IN4O4S2. The zero-order valence-corrected chi connectivity index (χ0v) is 24.6. The Hall–Kier alpha value is -2.61. The van der Waals surface area contributed by atoms with Crippen LogP contribution in [0.5, 0.6) is 0 Å². The van der Waals surface area contributed by atoms with Crippen molar-refractivity contribution in [3.63, 3.8) is 0 Å². The number of sulfonamides is 1. The third kappa shape index (κ3) is 7.49. The molecule has 8 nitrogen and oxygen atoms in total. The molecule has 0 saturated carbocycles. The molecule has 0 bridgehead atoms. The summed E-state index contributed by atoms with van der Waals surface area (Å²) in [6.45, 7) is 3.41. The molecule has 1 unspecified atom stereocenters. The number of rotatable bonds is 9. The van der Waals surface area contributed by atoms with Crippen LogP contribution in [0.4, 0.5) is 4.79 Å². The molecule has 4 rings (SSSR count). The van der Waals surface area contributed by atoms with Gasteiger partial charge in [0.25, 0.3) is 0 Å². The highest BCUT2D eigenvalue weighted by atomic mass is 127. The van der Waals surface area contributed by atoms with Gasteiger partial charge >= 0.3 is 6.03 Å². The number of amides is 3. The van der Waals surface area contributed by atoms with Gasteiger partial charge in [-0.3, -0.25) is 4.79 Å². The van der Waals surface area contributed by atoms with Gasteiger partial charge in [-0.2, -0.15) is 4.31 Å². The van der Waals surface area contributed by atoms with Gasteiger partial charge in [-0.15, -0.1) is 11.8 Å². The summed E-state index contributed by atoms with van der Waals surface area (Å²) in [5.41, 5.74) is 4.00. The van der Waals surface area contributed by atoms with E-state index in [2.05, 4.69) is 38.5 Å². The van der Waals surface area contributed by atoms with E-state index in [4.69, 9.17) is 0 Å². The van der Waals surface area contributed by atoms with E-state index >= 15 is 0 Å². The van der Waals surface area contributed by atoms with Crippen LogP contribution in [-0.2, 0) is 34.5 Å². The van der Waals surface area contributed by atoms with E-state index in [1.807, 2.05) is 55.5 Å². The number of carbonyl (C=O) groups excluding carboxylic acids is 2. The molecule has 3 amide bonds. The van der Waals surface area contributed by atoms with E-state index in [9.17, 15) is 18.0 Å². The first-order chi connectivity index (χ1) is 18.2. The molecule has 11 heteroatoms. The summed E-state index contributed by atoms with van der Waals surface area (Å²) in [4.78, 5) is 25.2. The summed E-state index contributed by atoms with van der Waals surface area (Å²) < 4.78 is 28.4. The number of hydrogen-bond donors (Lipinski definition) is 3. The van der Waals surface area contributed by atoms with Gasteiger partial charge in [-0.25, -0.2) is 13.2 Å². The number of nitrogens with zero attached hydrogens (tertiary/aromatic N) is 1. The predicted octanol–water partition coefficient (Wildman–Crippen LogP) is 3.98. The third-order valence-corrected chi connectivity index (χ3v) is 9.94. The molecule has 200 valence electrons. The highest BCUT2D eigenvalue weighted by molar-refractivity contribution is 14.1. The average Bonchev–Trinajstić information content (AvgIpc) is 3.42. The van der Waals surface area contributed by atoms with Gasteiger partial charge in [-0.1, -0.05) is 54.1 Å². The Morgan fingerprint density at radius 2 is 1.34 bits per heavy atom. The van der Waals surface area contributed by atoms with Crippen molar-refractivity contribution < 1.29 is 18.0 Å². The molecule has 0 spiro atoms. The maximum atomic E-state index is 13.1. The molecule has 1 atom stereocenters. The lowest BCUT2D eigenvalue weighted by atomic mass is 10.1. The predicted molar refractivity (Wildman–Crippen MR) is 158 cm³/mol. The molecule has 1 aliphatic rings. The van der Waals surface area contributed by atoms with Crippen molar-refractivity contribution in [2.45, 2.75) is 36.8 Å². The molecule has 3 N–H and O–H groups in total. The Kier molecular flexibility index (Phi) is 9.69. The Bertz CT molecular complexity index is 1370. The molecule has 3 aromatic carbocycles. The highest BCUT2D eigenvalue weighted by Crippen LogP contribution is 2.30. The Labute approximate surface area is 241 Å². The Morgan fingerprint density at radius 3 is 1.89 bits per heavy atom. The van der Waals surface area contributed by atoms with Crippen molar-refractivity contribution in [2.75, 3.05) is 12.3 Å². The number of nitrogens with one attached hydrogen (secondary N) is 3. The van der Waals surface area contributed by atoms with Crippen LogP contribution >= 0.6 is 34.4 Å². The average molecular weight is 665 g/mol. The van der Waals surface area contributed by atoms with Gasteiger partial charge in [0, 0.05) is 35.5 Å². The van der Waals surface area contributed by atoms with Crippen LogP contribution in [0.3, 0.4) is 0 Å². The molecule has 38 heavy (non-hydrogen) atoms. The first kappa shape index (κ1) is 28.4. The van der Waals surface area contributed by atoms with Crippen LogP contribution in [0.25, 0.3) is 0 Å². The van der Waals surface area contributed by atoms with Crippen LogP contribution in [0.1, 0.15) is 22.3 Å². The molecule has 0 aromatic heterocycles. The molecular weight excluding hydrogens is 635 g/mol. The minimum Gasteiger partial charge on any atom is -0.350 e. The fourth-order valence-corrected chi connectivity index (χ4v) is 7.29. The first-order valence-corrected chi connectivity index (χ1v) is 15.6. The van der Waals surface area contributed by atoms with Crippen LogP contribution in [0.15, 0.2) is 77.7 Å². The zero-order chi connectivity index (χ0) is 27.1. The molecule has 1 saturated heterocycles. The lowest BCUT2D eigenvalue weighted by Gasteiger charge is -2.22. The van der Waals surface area contributed by atoms with E-state index in [0.717, 1.165) is 20.3 Å². The van der Waals surface area contributed by atoms with E-state index < -0.39 is 15.4 Å². The van der Waals surface area contributed by atoms with Gasteiger partial charge in [0.05, 0.1) is 4.90 Å². The molecule has 0 aliphatic carbocycles. The smallest absolute Gasteiger partial charge is 0.315 e. The van der Waals surface area contributed by atoms with Crippen molar-refractivity contribution in [1.29, 1.82) is 0 Å². The normalized spacial score (nSPS) is 15.7. The van der Waals surface area contributed by atoms with Crippen molar-refractivity contribution in [3.05, 3.63) is 98.6 Å². The molecule has 0 radical (unpaired) electrons. The summed E-state index contributed by atoms with van der Waals surface area (Å²) in [7, 11) is -3.76. The summed E-state index contributed by atoms with van der Waals surface area (Å²) in [5.74, 6) is 0.222. The SMILES string of the molecule is Cc1ccc(CNC(=O)NCc2ccc(CNC(=O)C3SCCN3S(=O)(=O)c3ccc(I)cc3)cc2)cc1. The number of halogens is 1. The second-order valence-corrected chi connectivity index (χ2v) is 13.2. The molecule has 1 fully saturated rings. The summed E-state index contributed by atoms with van der Waals surface area (Å²) in [6.07, 6.45) is 0. The Balaban J connectivity index is 1.24. The summed E-state index contributed by atoms with van der Waals surface area (Å²) >= 11 is 3.44. The van der Waals surface area contributed by atoms with Crippen molar-refractivity contribution in [1.82, 2.24) is 20.3 Å². The minimum atomic E-state index is -3.76. The van der Waals surface area contributed by atoms with E-state index in [0.29, 0.717) is 18.8 Å². The quantitative estimate of drug-likeness (QED) is 0.300. The van der Waals surface area contributed by atoms with Gasteiger partial charge in [0.2, 0.25) is 15.9 Å². The van der Waals surface area contributed by atoms with Crippen LogP contribution in [0.2, 0.25) is 0 Å². The highest BCUT2D eigenvalue weighted by Gasteiger charge is 2.40. The molecule has 1 aliphatic heterocycles. The van der Waals surface area contributed by atoms with Crippen molar-refractivity contribution in [3.8, 4) is 0 Å². The second kappa shape index (κ2) is 13.0. The standard InChI is InChI=1S/C27H29IN4O4S2/c1-19-2-4-20(5-3-19)17-30-27(34)31-18-22-8-6-21(7-9-22)16-29-25(33)26-32(14-15-37-26)38(35,36)24-12-10-23(28)11-13-24/h2-13,26H,14-18H2,1H3,(H,29,33)(H2,30,31,34). The van der Waals surface area contributed by atoms with Gasteiger partial charge in [-0.05, 0) is 70.5 Å². The lowest BCUT2D eigenvalue weighted by Crippen LogP contribution is -2.44. The number of urea groups is 1. The molecule has 3 aromatic rings. The fraction of sp³-hybridized carbons (Fsp3) is 0.259. The number of hydrogen-bond acceptors (Lipinski definition) is 5. The van der Waals surface area contributed by atoms with Gasteiger partial charge in [0.1, 0.15) is 5.37 Å². The van der Waals surface area contributed by atoms with E-state index in [1.54, 1.807) is 24.3 Å². The molecule has 1 heterocycles. The number of carbonyl (C=O) groups is 2. The Morgan fingerprint density at radius 1 is 0.842 bits per heavy atom. The van der Waals surface area contributed by atoms with Gasteiger partial charge < -0.3 is 16.0 Å². The second-order valence-electron chi connectivity index (χ2n) is 8.85. The monoisotopic (exact) mass is 664 g/mol. The number of aryl methyl sites for hydroxylation is 1. The van der Waals surface area contributed by atoms with E-state index in [-0.39, 0.29) is 29.9 Å². The van der Waals surface area contributed by atoms with Crippen LogP contribution in [0, 0.1) is 10.5 Å². The topological polar surface area (TPSA) is 108 Å². The fourth-order valence-electron chi connectivity index (χ4n) is 3.83. The number of thioether (sulfide) groups is 1. The minimum absolute atomic E-state index is 0.186. The maximum absolute atomic E-state index is 13.1. The lowest BCUT2D eigenvalue weighted by molar-refractivity contribution is -0.122. The van der Waals surface area contributed by atoms with Crippen LogP contribution in [-0.4, -0.2) is 42.3 Å². The third-order valence-electron chi connectivity index (χ3n) is 6.01. The van der Waals surface area contributed by atoms with Gasteiger partial charge in [0.15, 0.2) is 0 Å². The van der Waals surface area contributed by atoms with Crippen LogP contribution < -0.4 is 16.0 Å². The van der Waals surface area contributed by atoms with E-state index in [1.165, 1.54) is 21.6 Å². The summed E-state index contributed by atoms with van der Waals surface area (Å²) in [5, 5.41) is 7.73. The maximum Gasteiger partial charge on any atom is 0.315 e. The first-order valence-electron chi connectivity index (χ1n) is 12.0. The largest absolute Gasteiger partial charge is 0.350 e. The zero-order valence-electron chi connectivity index (χ0n) is 20.8. The summed E-state index contributed by atoms with van der Waals surface area (Å²) in [6, 6.07) is 21.9. The number of benzene rings is 3.